The summed E-state index contributed by atoms with van der Waals surface area (Å²) < 4.78 is 0. The lowest BCUT2D eigenvalue weighted by molar-refractivity contribution is -0.139. The van der Waals surface area contributed by atoms with Crippen molar-refractivity contribution in [2.24, 2.45) is 5.92 Å². The van der Waals surface area contributed by atoms with Crippen LogP contribution in [0, 0.1) is 5.92 Å². The van der Waals surface area contributed by atoms with E-state index in [2.05, 4.69) is 10.6 Å². The molecule has 104 valence electrons. The standard InChI is InChI=1S/C14H20N2O3/c1-3-10(2)9-15-14(19)16-12(13(17)18)11-7-5-4-6-8-11/h4-8,10,12H,3,9H2,1-2H3,(H,17,18)(H2,15,16,19)/t10?,12-/m0/s1. The van der Waals surface area contributed by atoms with Crippen molar-refractivity contribution in [3.05, 3.63) is 35.9 Å². The summed E-state index contributed by atoms with van der Waals surface area (Å²) >= 11 is 0. The Bertz CT molecular complexity index is 420. The minimum Gasteiger partial charge on any atom is -0.479 e. The third-order valence-corrected chi connectivity index (χ3v) is 2.96. The fourth-order valence-electron chi connectivity index (χ4n) is 1.53. The predicted molar refractivity (Wildman–Crippen MR) is 72.8 cm³/mol. The van der Waals surface area contributed by atoms with Crippen LogP contribution in [-0.4, -0.2) is 23.7 Å². The molecule has 0 aliphatic heterocycles. The van der Waals surface area contributed by atoms with Gasteiger partial charge >= 0.3 is 12.0 Å². The number of urea groups is 1. The molecule has 0 aliphatic carbocycles. The molecule has 19 heavy (non-hydrogen) atoms. The Labute approximate surface area is 113 Å². The first kappa shape index (κ1) is 15.0. The van der Waals surface area contributed by atoms with Crippen molar-refractivity contribution in [1.82, 2.24) is 10.6 Å². The first-order chi connectivity index (χ1) is 9.04. The van der Waals surface area contributed by atoms with Crippen LogP contribution in [0.3, 0.4) is 0 Å². The molecule has 5 nitrogen and oxygen atoms in total. The molecule has 0 spiro atoms. The second-order valence-electron chi connectivity index (χ2n) is 4.55. The number of carbonyl (C=O) groups is 2. The first-order valence-corrected chi connectivity index (χ1v) is 6.36. The molecule has 1 unspecified atom stereocenters. The van der Waals surface area contributed by atoms with E-state index in [1.165, 1.54) is 0 Å². The van der Waals surface area contributed by atoms with Crippen molar-refractivity contribution < 1.29 is 14.7 Å². The third kappa shape index (κ3) is 4.99. The molecule has 0 saturated heterocycles. The van der Waals surface area contributed by atoms with Gasteiger partial charge in [0.05, 0.1) is 0 Å². The maximum absolute atomic E-state index is 11.7. The van der Waals surface area contributed by atoms with Crippen molar-refractivity contribution in [2.45, 2.75) is 26.3 Å². The number of carboxylic acids is 1. The number of hydrogen-bond donors (Lipinski definition) is 3. The minimum atomic E-state index is -1.08. The van der Waals surface area contributed by atoms with Crippen molar-refractivity contribution in [3.8, 4) is 0 Å². The Morgan fingerprint density at radius 1 is 1.26 bits per heavy atom. The molecular weight excluding hydrogens is 244 g/mol. The number of benzene rings is 1. The zero-order valence-electron chi connectivity index (χ0n) is 11.2. The number of carboxylic acid groups (broad SMARTS) is 1. The van der Waals surface area contributed by atoms with Crippen LogP contribution in [0.25, 0.3) is 0 Å². The topological polar surface area (TPSA) is 78.4 Å². The second kappa shape index (κ2) is 7.41. The SMILES string of the molecule is CCC(C)CNC(=O)N[C@H](C(=O)O)c1ccccc1. The van der Waals surface area contributed by atoms with Crippen LogP contribution in [0.5, 0.6) is 0 Å². The average Bonchev–Trinajstić information content (AvgIpc) is 2.42. The summed E-state index contributed by atoms with van der Waals surface area (Å²) in [7, 11) is 0. The van der Waals surface area contributed by atoms with Crippen LogP contribution < -0.4 is 10.6 Å². The number of hydrogen-bond acceptors (Lipinski definition) is 2. The molecule has 1 aromatic rings. The molecule has 5 heteroatoms. The summed E-state index contributed by atoms with van der Waals surface area (Å²) in [6, 6.07) is 7.13. The second-order valence-corrected chi connectivity index (χ2v) is 4.55. The molecule has 0 bridgehead atoms. The van der Waals surface area contributed by atoms with E-state index in [0.29, 0.717) is 18.0 Å². The summed E-state index contributed by atoms with van der Waals surface area (Å²) in [5.74, 6) is -0.712. The number of nitrogens with one attached hydrogen (secondary N) is 2. The Kier molecular flexibility index (Phi) is 5.85. The quantitative estimate of drug-likeness (QED) is 0.736. The van der Waals surface area contributed by atoms with Crippen LogP contribution in [0.2, 0.25) is 0 Å². The zero-order chi connectivity index (χ0) is 14.3. The van der Waals surface area contributed by atoms with Gasteiger partial charge in [-0.25, -0.2) is 9.59 Å². The molecule has 2 atom stereocenters. The number of aliphatic carboxylic acids is 1. The lowest BCUT2D eigenvalue weighted by atomic mass is 10.1. The third-order valence-electron chi connectivity index (χ3n) is 2.96. The Morgan fingerprint density at radius 2 is 1.89 bits per heavy atom. The zero-order valence-corrected chi connectivity index (χ0v) is 11.2. The van der Waals surface area contributed by atoms with Gasteiger partial charge in [-0.05, 0) is 11.5 Å². The highest BCUT2D eigenvalue weighted by Crippen LogP contribution is 2.12. The van der Waals surface area contributed by atoms with Crippen molar-refractivity contribution in [2.75, 3.05) is 6.54 Å². The molecule has 0 aliphatic rings. The lowest BCUT2D eigenvalue weighted by Crippen LogP contribution is -2.42. The molecular formula is C14H20N2O3. The van der Waals surface area contributed by atoms with Gasteiger partial charge in [0.2, 0.25) is 0 Å². The molecule has 1 aromatic carbocycles. The van der Waals surface area contributed by atoms with E-state index in [9.17, 15) is 9.59 Å². The monoisotopic (exact) mass is 264 g/mol. The molecule has 0 saturated carbocycles. The highest BCUT2D eigenvalue weighted by molar-refractivity contribution is 5.83. The summed E-state index contributed by atoms with van der Waals surface area (Å²) in [5.41, 5.74) is 0.550. The van der Waals surface area contributed by atoms with E-state index in [1.807, 2.05) is 13.8 Å². The fourth-order valence-corrected chi connectivity index (χ4v) is 1.53. The lowest BCUT2D eigenvalue weighted by Gasteiger charge is -2.16. The van der Waals surface area contributed by atoms with Gasteiger partial charge in [-0.2, -0.15) is 0 Å². The summed E-state index contributed by atoms with van der Waals surface area (Å²) in [4.78, 5) is 22.9. The normalized spacial score (nSPS) is 13.4. The van der Waals surface area contributed by atoms with E-state index >= 15 is 0 Å². The van der Waals surface area contributed by atoms with Gasteiger partial charge in [-0.1, -0.05) is 50.6 Å². The highest BCUT2D eigenvalue weighted by Gasteiger charge is 2.21. The predicted octanol–water partition coefficient (Wildman–Crippen LogP) is 2.16. The molecule has 0 heterocycles. The Hall–Kier alpha value is -2.04. The van der Waals surface area contributed by atoms with Gasteiger partial charge in [0, 0.05) is 6.54 Å². The fraction of sp³-hybridized carbons (Fsp3) is 0.429. The van der Waals surface area contributed by atoms with Crippen LogP contribution in [0.15, 0.2) is 30.3 Å². The van der Waals surface area contributed by atoms with Crippen LogP contribution in [0.4, 0.5) is 4.79 Å². The maximum atomic E-state index is 11.7. The van der Waals surface area contributed by atoms with E-state index in [-0.39, 0.29) is 0 Å². The van der Waals surface area contributed by atoms with E-state index < -0.39 is 18.0 Å². The van der Waals surface area contributed by atoms with Crippen molar-refractivity contribution in [3.63, 3.8) is 0 Å². The van der Waals surface area contributed by atoms with Gasteiger partial charge in [-0.3, -0.25) is 0 Å². The minimum absolute atomic E-state index is 0.366. The summed E-state index contributed by atoms with van der Waals surface area (Å²) in [6.07, 6.45) is 0.960. The van der Waals surface area contributed by atoms with Crippen LogP contribution in [0.1, 0.15) is 31.9 Å². The molecule has 1 rings (SSSR count). The van der Waals surface area contributed by atoms with Crippen molar-refractivity contribution in [1.29, 1.82) is 0 Å². The molecule has 3 N–H and O–H groups in total. The van der Waals surface area contributed by atoms with Gasteiger partial charge < -0.3 is 15.7 Å². The number of carbonyl (C=O) groups excluding carboxylic acids is 1. The molecule has 0 fully saturated rings. The van der Waals surface area contributed by atoms with Crippen LogP contribution in [-0.2, 0) is 4.79 Å². The number of rotatable bonds is 6. The van der Waals surface area contributed by atoms with Gasteiger partial charge in [0.15, 0.2) is 6.04 Å². The molecule has 2 amide bonds. The first-order valence-electron chi connectivity index (χ1n) is 6.36. The highest BCUT2D eigenvalue weighted by atomic mass is 16.4. The average molecular weight is 264 g/mol. The molecule has 0 radical (unpaired) electrons. The summed E-state index contributed by atoms with van der Waals surface area (Å²) in [5, 5.41) is 14.3. The van der Waals surface area contributed by atoms with E-state index in [4.69, 9.17) is 5.11 Å². The Balaban J connectivity index is 2.60. The smallest absolute Gasteiger partial charge is 0.330 e. The Morgan fingerprint density at radius 3 is 2.42 bits per heavy atom. The van der Waals surface area contributed by atoms with Crippen LogP contribution >= 0.6 is 0 Å². The van der Waals surface area contributed by atoms with Gasteiger partial charge in [0.1, 0.15) is 0 Å². The largest absolute Gasteiger partial charge is 0.479 e. The summed E-state index contributed by atoms with van der Waals surface area (Å²) in [6.45, 7) is 4.59. The van der Waals surface area contributed by atoms with E-state index in [0.717, 1.165) is 6.42 Å². The van der Waals surface area contributed by atoms with Gasteiger partial charge in [-0.15, -0.1) is 0 Å². The molecule has 0 aromatic heterocycles. The van der Waals surface area contributed by atoms with Crippen molar-refractivity contribution >= 4 is 12.0 Å². The maximum Gasteiger partial charge on any atom is 0.330 e. The van der Waals surface area contributed by atoms with E-state index in [1.54, 1.807) is 30.3 Å². The van der Waals surface area contributed by atoms with Gasteiger partial charge in [0.25, 0.3) is 0 Å². The number of amides is 2.